The third kappa shape index (κ3) is 2.33. The Labute approximate surface area is 84.2 Å². The first-order chi connectivity index (χ1) is 6.88. The van der Waals surface area contributed by atoms with Crippen LogP contribution < -0.4 is 0 Å². The number of hydrogen-bond acceptors (Lipinski definition) is 3. The average molecular weight is 195 g/mol. The number of nitrogens with zero attached hydrogens (tertiary/aromatic N) is 3. The summed E-state index contributed by atoms with van der Waals surface area (Å²) < 4.78 is 2.09. The van der Waals surface area contributed by atoms with Gasteiger partial charge < -0.3 is 14.6 Å². The van der Waals surface area contributed by atoms with Crippen LogP contribution in [0.15, 0.2) is 18.7 Å². The predicted octanol–water partition coefficient (Wildman–Crippen LogP) is 0.197. The standard InChI is InChI=1S/C10H17N3O/c14-8-10-1-3-12(7-10)5-6-13-4-2-11-9-13/h2,4,9-10,14H,1,3,5-8H2. The highest BCUT2D eigenvalue weighted by molar-refractivity contribution is 4.77. The number of aliphatic hydroxyl groups is 1. The summed E-state index contributed by atoms with van der Waals surface area (Å²) in [5.74, 6) is 0.498. The molecule has 1 fully saturated rings. The number of imidazole rings is 1. The summed E-state index contributed by atoms with van der Waals surface area (Å²) in [6.07, 6.45) is 6.78. The number of aromatic nitrogens is 2. The number of likely N-dealkylation sites (tertiary alicyclic amines) is 1. The molecule has 78 valence electrons. The quantitative estimate of drug-likeness (QED) is 0.746. The summed E-state index contributed by atoms with van der Waals surface area (Å²) in [4.78, 5) is 6.41. The van der Waals surface area contributed by atoms with Crippen molar-refractivity contribution in [1.29, 1.82) is 0 Å². The summed E-state index contributed by atoms with van der Waals surface area (Å²) in [7, 11) is 0. The van der Waals surface area contributed by atoms with E-state index in [4.69, 9.17) is 5.11 Å². The Morgan fingerprint density at radius 1 is 1.43 bits per heavy atom. The average Bonchev–Trinajstić information content (AvgIpc) is 2.86. The molecule has 1 saturated heterocycles. The number of aliphatic hydroxyl groups excluding tert-OH is 1. The SMILES string of the molecule is OCC1CCN(CCn2ccnc2)C1. The lowest BCUT2D eigenvalue weighted by Crippen LogP contribution is -2.25. The summed E-state index contributed by atoms with van der Waals surface area (Å²) in [5, 5.41) is 8.99. The van der Waals surface area contributed by atoms with E-state index >= 15 is 0 Å². The Morgan fingerprint density at radius 3 is 3.00 bits per heavy atom. The van der Waals surface area contributed by atoms with Gasteiger partial charge in [0.2, 0.25) is 0 Å². The van der Waals surface area contributed by atoms with Crippen LogP contribution in [0.5, 0.6) is 0 Å². The van der Waals surface area contributed by atoms with Crippen LogP contribution in [0, 0.1) is 5.92 Å². The van der Waals surface area contributed by atoms with Crippen LogP contribution in [0.2, 0.25) is 0 Å². The molecule has 1 aromatic heterocycles. The molecule has 1 aliphatic rings. The Kier molecular flexibility index (Phi) is 3.16. The highest BCUT2D eigenvalue weighted by Crippen LogP contribution is 2.14. The highest BCUT2D eigenvalue weighted by atomic mass is 16.3. The Balaban J connectivity index is 1.72. The van der Waals surface area contributed by atoms with Crippen LogP contribution in [0.1, 0.15) is 6.42 Å². The number of hydrogen-bond donors (Lipinski definition) is 1. The zero-order valence-corrected chi connectivity index (χ0v) is 8.34. The molecule has 2 rings (SSSR count). The molecule has 1 aromatic rings. The summed E-state index contributed by atoms with van der Waals surface area (Å²) in [6, 6.07) is 0. The van der Waals surface area contributed by atoms with E-state index in [9.17, 15) is 0 Å². The van der Waals surface area contributed by atoms with Gasteiger partial charge in [0.05, 0.1) is 6.33 Å². The topological polar surface area (TPSA) is 41.3 Å². The van der Waals surface area contributed by atoms with Crippen molar-refractivity contribution in [2.24, 2.45) is 5.92 Å². The van der Waals surface area contributed by atoms with Gasteiger partial charge in [0.15, 0.2) is 0 Å². The van der Waals surface area contributed by atoms with Gasteiger partial charge >= 0.3 is 0 Å². The van der Waals surface area contributed by atoms with E-state index in [0.29, 0.717) is 12.5 Å². The molecule has 4 nitrogen and oxygen atoms in total. The lowest BCUT2D eigenvalue weighted by Gasteiger charge is -2.15. The molecule has 14 heavy (non-hydrogen) atoms. The lowest BCUT2D eigenvalue weighted by atomic mass is 10.1. The van der Waals surface area contributed by atoms with Crippen molar-refractivity contribution < 1.29 is 5.11 Å². The molecule has 0 saturated carbocycles. The van der Waals surface area contributed by atoms with Crippen LogP contribution in [-0.4, -0.2) is 45.8 Å². The molecule has 0 aliphatic carbocycles. The zero-order chi connectivity index (χ0) is 9.80. The highest BCUT2D eigenvalue weighted by Gasteiger charge is 2.20. The molecule has 0 bridgehead atoms. The molecule has 4 heteroatoms. The van der Waals surface area contributed by atoms with Gasteiger partial charge in [-0.15, -0.1) is 0 Å². The predicted molar refractivity (Wildman–Crippen MR) is 53.9 cm³/mol. The third-order valence-electron chi connectivity index (χ3n) is 2.86. The first-order valence-electron chi connectivity index (χ1n) is 5.17. The molecule has 1 N–H and O–H groups in total. The maximum atomic E-state index is 8.99. The fraction of sp³-hybridized carbons (Fsp3) is 0.700. The second kappa shape index (κ2) is 4.57. The summed E-state index contributed by atoms with van der Waals surface area (Å²) >= 11 is 0. The van der Waals surface area contributed by atoms with Crippen molar-refractivity contribution >= 4 is 0 Å². The first kappa shape index (κ1) is 9.68. The second-order valence-electron chi connectivity index (χ2n) is 3.94. The molecular weight excluding hydrogens is 178 g/mol. The van der Waals surface area contributed by atoms with Gasteiger partial charge in [-0.05, 0) is 18.9 Å². The Morgan fingerprint density at radius 2 is 2.36 bits per heavy atom. The van der Waals surface area contributed by atoms with Gasteiger partial charge in [-0.3, -0.25) is 0 Å². The maximum Gasteiger partial charge on any atom is 0.0946 e. The number of rotatable bonds is 4. The smallest absolute Gasteiger partial charge is 0.0946 e. The van der Waals surface area contributed by atoms with E-state index < -0.39 is 0 Å². The van der Waals surface area contributed by atoms with E-state index in [2.05, 4.69) is 14.5 Å². The summed E-state index contributed by atoms with van der Waals surface area (Å²) in [6.45, 7) is 4.57. The first-order valence-corrected chi connectivity index (χ1v) is 5.17. The van der Waals surface area contributed by atoms with Gasteiger partial charge in [0.25, 0.3) is 0 Å². The largest absolute Gasteiger partial charge is 0.396 e. The van der Waals surface area contributed by atoms with Crippen LogP contribution in [0.4, 0.5) is 0 Å². The fourth-order valence-electron chi connectivity index (χ4n) is 1.94. The zero-order valence-electron chi connectivity index (χ0n) is 8.34. The molecule has 0 spiro atoms. The molecule has 0 amide bonds. The van der Waals surface area contributed by atoms with E-state index in [-0.39, 0.29) is 0 Å². The van der Waals surface area contributed by atoms with E-state index in [0.717, 1.165) is 32.6 Å². The summed E-state index contributed by atoms with van der Waals surface area (Å²) in [5.41, 5.74) is 0. The van der Waals surface area contributed by atoms with Crippen molar-refractivity contribution in [1.82, 2.24) is 14.5 Å². The van der Waals surface area contributed by atoms with Gasteiger partial charge in [0, 0.05) is 38.6 Å². The van der Waals surface area contributed by atoms with Crippen LogP contribution in [0.25, 0.3) is 0 Å². The van der Waals surface area contributed by atoms with Crippen molar-refractivity contribution in [3.8, 4) is 0 Å². The van der Waals surface area contributed by atoms with Crippen LogP contribution in [0.3, 0.4) is 0 Å². The van der Waals surface area contributed by atoms with Crippen molar-refractivity contribution in [3.05, 3.63) is 18.7 Å². The second-order valence-corrected chi connectivity index (χ2v) is 3.94. The Bertz CT molecular complexity index is 260. The third-order valence-corrected chi connectivity index (χ3v) is 2.86. The molecule has 0 aromatic carbocycles. The van der Waals surface area contributed by atoms with Crippen molar-refractivity contribution in [2.45, 2.75) is 13.0 Å². The normalized spacial score (nSPS) is 23.1. The lowest BCUT2D eigenvalue weighted by molar-refractivity contribution is 0.220. The van der Waals surface area contributed by atoms with Crippen molar-refractivity contribution in [2.75, 3.05) is 26.2 Å². The van der Waals surface area contributed by atoms with E-state index in [1.807, 2.05) is 12.5 Å². The molecule has 1 atom stereocenters. The molecular formula is C10H17N3O. The maximum absolute atomic E-state index is 8.99. The monoisotopic (exact) mass is 195 g/mol. The minimum absolute atomic E-state index is 0.335. The van der Waals surface area contributed by atoms with Gasteiger partial charge in [-0.1, -0.05) is 0 Å². The van der Waals surface area contributed by atoms with Gasteiger partial charge in [-0.25, -0.2) is 4.98 Å². The molecule has 2 heterocycles. The minimum atomic E-state index is 0.335. The van der Waals surface area contributed by atoms with Gasteiger partial charge in [0.1, 0.15) is 0 Å². The van der Waals surface area contributed by atoms with Gasteiger partial charge in [-0.2, -0.15) is 0 Å². The fourth-order valence-corrected chi connectivity index (χ4v) is 1.94. The van der Waals surface area contributed by atoms with Crippen molar-refractivity contribution in [3.63, 3.8) is 0 Å². The van der Waals surface area contributed by atoms with Crippen LogP contribution in [-0.2, 0) is 6.54 Å². The molecule has 0 radical (unpaired) electrons. The Hall–Kier alpha value is -0.870. The molecule has 1 aliphatic heterocycles. The van der Waals surface area contributed by atoms with E-state index in [1.54, 1.807) is 6.20 Å². The van der Waals surface area contributed by atoms with Crippen LogP contribution >= 0.6 is 0 Å². The minimum Gasteiger partial charge on any atom is -0.396 e. The van der Waals surface area contributed by atoms with E-state index in [1.165, 1.54) is 0 Å². The molecule has 1 unspecified atom stereocenters.